The second kappa shape index (κ2) is 5.20. The van der Waals surface area contributed by atoms with Crippen LogP contribution in [0.3, 0.4) is 0 Å². The van der Waals surface area contributed by atoms with Crippen molar-refractivity contribution in [3.8, 4) is 11.8 Å². The average Bonchev–Trinajstić information content (AvgIpc) is 2.39. The van der Waals surface area contributed by atoms with Crippen molar-refractivity contribution in [2.24, 2.45) is 11.7 Å². The number of phenolic OH excluding ortho intramolecular Hbond substituents is 1. The van der Waals surface area contributed by atoms with Gasteiger partial charge in [-0.3, -0.25) is 0 Å². The number of benzene rings is 1. The van der Waals surface area contributed by atoms with Gasteiger partial charge < -0.3 is 10.8 Å². The van der Waals surface area contributed by atoms with Gasteiger partial charge in [0.25, 0.3) is 0 Å². The first-order valence-corrected chi connectivity index (χ1v) is 6.21. The number of nitrogens with zero attached hydrogens (tertiary/aromatic N) is 1. The van der Waals surface area contributed by atoms with E-state index in [-0.39, 0.29) is 11.8 Å². The van der Waals surface area contributed by atoms with Crippen molar-refractivity contribution >= 4 is 0 Å². The fraction of sp³-hybridized carbons (Fsp3) is 0.500. The fourth-order valence-electron chi connectivity index (χ4n) is 2.67. The summed E-state index contributed by atoms with van der Waals surface area (Å²) in [6, 6.07) is 7.07. The summed E-state index contributed by atoms with van der Waals surface area (Å²) in [5, 5.41) is 18.9. The largest absolute Gasteiger partial charge is 0.506 e. The maximum Gasteiger partial charge on any atom is 0.138 e. The first-order chi connectivity index (χ1) is 8.24. The number of nitrogens with two attached hydrogens (primary N) is 1. The Morgan fingerprint density at radius 3 is 2.65 bits per heavy atom. The number of para-hydroxylation sites is 1. The van der Waals surface area contributed by atoms with E-state index in [9.17, 15) is 5.11 Å². The molecule has 0 radical (unpaired) electrons. The summed E-state index contributed by atoms with van der Waals surface area (Å²) in [7, 11) is 0. The molecule has 0 heterocycles. The second-order valence-electron chi connectivity index (χ2n) is 4.78. The van der Waals surface area contributed by atoms with Crippen LogP contribution in [0.25, 0.3) is 0 Å². The number of hydrogen-bond acceptors (Lipinski definition) is 3. The average molecular weight is 230 g/mol. The molecule has 17 heavy (non-hydrogen) atoms. The van der Waals surface area contributed by atoms with E-state index in [1.807, 2.05) is 12.1 Å². The van der Waals surface area contributed by atoms with Gasteiger partial charge in [0, 0.05) is 11.6 Å². The van der Waals surface area contributed by atoms with Crippen LogP contribution < -0.4 is 5.73 Å². The lowest BCUT2D eigenvalue weighted by atomic mass is 9.81. The molecule has 3 N–H and O–H groups in total. The standard InChI is InChI=1S/C14H18N2O/c15-9-11-7-4-8-12(14(11)17)13(16)10-5-2-1-3-6-10/h4,7-8,10,13,17H,1-3,5-6,16H2/t13-/m1/s1. The maximum atomic E-state index is 9.99. The number of rotatable bonds is 2. The van der Waals surface area contributed by atoms with E-state index in [2.05, 4.69) is 0 Å². The quantitative estimate of drug-likeness (QED) is 0.820. The second-order valence-corrected chi connectivity index (χ2v) is 4.78. The Balaban J connectivity index is 2.24. The van der Waals surface area contributed by atoms with Crippen LogP contribution in [0, 0.1) is 17.2 Å². The van der Waals surface area contributed by atoms with Crippen LogP contribution in [0.1, 0.15) is 49.3 Å². The molecule has 2 rings (SSSR count). The molecule has 1 aliphatic carbocycles. The summed E-state index contributed by atoms with van der Waals surface area (Å²) in [6.45, 7) is 0. The van der Waals surface area contributed by atoms with Gasteiger partial charge in [0.15, 0.2) is 0 Å². The van der Waals surface area contributed by atoms with Gasteiger partial charge in [-0.2, -0.15) is 5.26 Å². The van der Waals surface area contributed by atoms with Gasteiger partial charge in [-0.15, -0.1) is 0 Å². The maximum absolute atomic E-state index is 9.99. The highest BCUT2D eigenvalue weighted by molar-refractivity contribution is 5.48. The number of aromatic hydroxyl groups is 1. The zero-order chi connectivity index (χ0) is 12.3. The van der Waals surface area contributed by atoms with E-state index in [0.717, 1.165) is 18.4 Å². The molecule has 0 bridgehead atoms. The van der Waals surface area contributed by atoms with Crippen molar-refractivity contribution < 1.29 is 5.11 Å². The fourth-order valence-corrected chi connectivity index (χ4v) is 2.67. The minimum Gasteiger partial charge on any atom is -0.506 e. The number of phenols is 1. The molecule has 0 unspecified atom stereocenters. The SMILES string of the molecule is N#Cc1cccc([C@H](N)C2CCCCC2)c1O. The minimum absolute atomic E-state index is 0.0630. The first-order valence-electron chi connectivity index (χ1n) is 6.21. The Kier molecular flexibility index (Phi) is 3.65. The van der Waals surface area contributed by atoms with Crippen LogP contribution >= 0.6 is 0 Å². The van der Waals surface area contributed by atoms with E-state index in [1.165, 1.54) is 19.3 Å². The Hall–Kier alpha value is -1.53. The monoisotopic (exact) mass is 230 g/mol. The van der Waals surface area contributed by atoms with Crippen molar-refractivity contribution in [1.29, 1.82) is 5.26 Å². The molecule has 0 aromatic heterocycles. The van der Waals surface area contributed by atoms with Crippen molar-refractivity contribution in [1.82, 2.24) is 0 Å². The van der Waals surface area contributed by atoms with Crippen LogP contribution in [-0.2, 0) is 0 Å². The van der Waals surface area contributed by atoms with Crippen molar-refractivity contribution in [3.05, 3.63) is 29.3 Å². The van der Waals surface area contributed by atoms with Gasteiger partial charge in [-0.25, -0.2) is 0 Å². The third-order valence-electron chi connectivity index (χ3n) is 3.70. The minimum atomic E-state index is -0.149. The van der Waals surface area contributed by atoms with E-state index < -0.39 is 0 Å². The lowest BCUT2D eigenvalue weighted by molar-refractivity contribution is 0.303. The van der Waals surface area contributed by atoms with Crippen molar-refractivity contribution in [3.63, 3.8) is 0 Å². The Bertz CT molecular complexity index is 430. The highest BCUT2D eigenvalue weighted by Crippen LogP contribution is 2.36. The normalized spacial score (nSPS) is 18.6. The highest BCUT2D eigenvalue weighted by Gasteiger charge is 2.24. The van der Waals surface area contributed by atoms with E-state index >= 15 is 0 Å². The lowest BCUT2D eigenvalue weighted by Gasteiger charge is -2.28. The summed E-state index contributed by atoms with van der Waals surface area (Å²) in [6.07, 6.45) is 5.97. The molecule has 1 aromatic rings. The molecule has 0 saturated heterocycles. The number of nitriles is 1. The topological polar surface area (TPSA) is 70.0 Å². The summed E-state index contributed by atoms with van der Waals surface area (Å²) < 4.78 is 0. The Morgan fingerprint density at radius 2 is 2.00 bits per heavy atom. The summed E-state index contributed by atoms with van der Waals surface area (Å²) >= 11 is 0. The third kappa shape index (κ3) is 2.42. The van der Waals surface area contributed by atoms with Crippen LogP contribution in [0.5, 0.6) is 5.75 Å². The summed E-state index contributed by atoms with van der Waals surface area (Å²) in [5.41, 5.74) is 7.26. The summed E-state index contributed by atoms with van der Waals surface area (Å²) in [4.78, 5) is 0. The molecule has 3 heteroatoms. The van der Waals surface area contributed by atoms with Gasteiger partial charge in [-0.1, -0.05) is 31.4 Å². The zero-order valence-electron chi connectivity index (χ0n) is 9.89. The molecule has 1 aliphatic rings. The molecule has 0 spiro atoms. The van der Waals surface area contributed by atoms with Crippen LogP contribution in [0.2, 0.25) is 0 Å². The molecular weight excluding hydrogens is 212 g/mol. The van der Waals surface area contributed by atoms with Crippen molar-refractivity contribution in [2.45, 2.75) is 38.1 Å². The lowest BCUT2D eigenvalue weighted by Crippen LogP contribution is -2.23. The van der Waals surface area contributed by atoms with Gasteiger partial charge >= 0.3 is 0 Å². The van der Waals surface area contributed by atoms with Crippen LogP contribution in [-0.4, -0.2) is 5.11 Å². The van der Waals surface area contributed by atoms with E-state index in [1.54, 1.807) is 12.1 Å². The zero-order valence-corrected chi connectivity index (χ0v) is 9.89. The van der Waals surface area contributed by atoms with Gasteiger partial charge in [0.2, 0.25) is 0 Å². The Labute approximate surface area is 102 Å². The van der Waals surface area contributed by atoms with Crippen LogP contribution in [0.4, 0.5) is 0 Å². The molecular formula is C14H18N2O. The molecule has 1 saturated carbocycles. The first kappa shape index (κ1) is 11.9. The molecule has 0 amide bonds. The van der Waals surface area contributed by atoms with E-state index in [0.29, 0.717) is 11.5 Å². The predicted octanol–water partition coefficient (Wildman–Crippen LogP) is 2.84. The molecule has 90 valence electrons. The van der Waals surface area contributed by atoms with Gasteiger partial charge in [0.05, 0.1) is 5.56 Å². The van der Waals surface area contributed by atoms with Gasteiger partial charge in [-0.05, 0) is 24.8 Å². The third-order valence-corrected chi connectivity index (χ3v) is 3.70. The van der Waals surface area contributed by atoms with Crippen molar-refractivity contribution in [2.75, 3.05) is 0 Å². The van der Waals surface area contributed by atoms with Crippen LogP contribution in [0.15, 0.2) is 18.2 Å². The van der Waals surface area contributed by atoms with Gasteiger partial charge in [0.1, 0.15) is 11.8 Å². The molecule has 1 aromatic carbocycles. The smallest absolute Gasteiger partial charge is 0.138 e. The number of hydrogen-bond donors (Lipinski definition) is 2. The molecule has 0 aliphatic heterocycles. The molecule has 1 atom stereocenters. The summed E-state index contributed by atoms with van der Waals surface area (Å²) in [5.74, 6) is 0.497. The molecule has 3 nitrogen and oxygen atoms in total. The Morgan fingerprint density at radius 1 is 1.29 bits per heavy atom. The molecule has 1 fully saturated rings. The highest BCUT2D eigenvalue weighted by atomic mass is 16.3. The van der Waals surface area contributed by atoms with E-state index in [4.69, 9.17) is 11.0 Å². The predicted molar refractivity (Wildman–Crippen MR) is 66.3 cm³/mol.